The number of hydrogen-bond acceptors (Lipinski definition) is 1. The molecule has 0 spiro atoms. The first-order valence-corrected chi connectivity index (χ1v) is 27.3. The third-order valence-electron chi connectivity index (χ3n) is 13.1. The van der Waals surface area contributed by atoms with Gasteiger partial charge in [0.15, 0.2) is 0 Å². The van der Waals surface area contributed by atoms with E-state index < -0.39 is 0 Å². The maximum atomic E-state index is 12.3. The molecule has 0 fully saturated rings. The predicted molar refractivity (Wildman–Crippen MR) is 256 cm³/mol. The molecule has 1 heteroatoms. The highest BCUT2D eigenvalue weighted by atomic mass is 16.1. The maximum Gasteiger partial charge on any atom is 0.132 e. The lowest BCUT2D eigenvalue weighted by molar-refractivity contribution is -0.119. The van der Waals surface area contributed by atoms with E-state index >= 15 is 0 Å². The Labute approximate surface area is 357 Å². The van der Waals surface area contributed by atoms with Crippen LogP contribution in [0.3, 0.4) is 0 Å². The third-order valence-corrected chi connectivity index (χ3v) is 13.1. The molecule has 0 aliphatic rings. The van der Waals surface area contributed by atoms with Gasteiger partial charge in [0.25, 0.3) is 0 Å². The fraction of sp³-hybridized carbons (Fsp3) is 0.982. The minimum Gasteiger partial charge on any atom is -0.300 e. The van der Waals surface area contributed by atoms with E-state index in [-0.39, 0.29) is 0 Å². The average Bonchev–Trinajstić information content (AvgIpc) is 3.20. The van der Waals surface area contributed by atoms with Crippen LogP contribution in [0.4, 0.5) is 0 Å². The highest BCUT2D eigenvalue weighted by Crippen LogP contribution is 2.18. The largest absolute Gasteiger partial charge is 0.300 e. The van der Waals surface area contributed by atoms with Crippen LogP contribution in [-0.4, -0.2) is 5.78 Å². The molecule has 0 aromatic heterocycles. The van der Waals surface area contributed by atoms with Crippen molar-refractivity contribution < 1.29 is 4.79 Å². The molecule has 0 bridgehead atoms. The van der Waals surface area contributed by atoms with Crippen LogP contribution in [0.2, 0.25) is 0 Å². The van der Waals surface area contributed by atoms with Crippen molar-refractivity contribution in [3.63, 3.8) is 0 Å². The summed E-state index contributed by atoms with van der Waals surface area (Å²) in [5.74, 6) is 0.535. The second kappa shape index (κ2) is 52.7. The predicted octanol–water partition coefficient (Wildman–Crippen LogP) is 20.9. The minimum absolute atomic E-state index is 0.535. The first-order chi connectivity index (χ1) is 27.8. The third kappa shape index (κ3) is 51.7. The standard InChI is InChI=1S/C55H110O/c1-3-5-7-9-11-13-15-17-19-21-23-25-27-29-30-32-34-36-38-40-42-44-46-48-50-52-54-55(56)53-51-49-47-45-43-41-39-37-35-33-31-28-26-24-22-20-18-16-14-12-10-8-6-4-2/h3-54H2,1-2H3. The molecule has 0 aromatic carbocycles. The minimum atomic E-state index is 0.535. The van der Waals surface area contributed by atoms with E-state index in [1.807, 2.05) is 0 Å². The summed E-state index contributed by atoms with van der Waals surface area (Å²) >= 11 is 0. The van der Waals surface area contributed by atoms with Gasteiger partial charge in [0.1, 0.15) is 5.78 Å². The van der Waals surface area contributed by atoms with Crippen LogP contribution in [0.5, 0.6) is 0 Å². The molecule has 0 atom stereocenters. The molecule has 1 nitrogen and oxygen atoms in total. The van der Waals surface area contributed by atoms with Crippen molar-refractivity contribution in [2.24, 2.45) is 0 Å². The van der Waals surface area contributed by atoms with Crippen molar-refractivity contribution in [1.29, 1.82) is 0 Å². The number of hydrogen-bond donors (Lipinski definition) is 0. The van der Waals surface area contributed by atoms with Crippen molar-refractivity contribution in [2.75, 3.05) is 0 Å². The quantitative estimate of drug-likeness (QED) is 0.0561. The van der Waals surface area contributed by atoms with E-state index in [2.05, 4.69) is 13.8 Å². The van der Waals surface area contributed by atoms with Gasteiger partial charge in [0.05, 0.1) is 0 Å². The molecule has 0 aromatic rings. The molecule has 0 aliphatic carbocycles. The van der Waals surface area contributed by atoms with E-state index in [0.717, 1.165) is 25.7 Å². The Morgan fingerprint density at radius 2 is 0.286 bits per heavy atom. The SMILES string of the molecule is CCCCCCCCCCCCCCCCCCCCCCCCCCCCC(=O)CCCCCCCCCCCCCCCCCCCCCCCCCC. The normalized spacial score (nSPS) is 11.6. The summed E-state index contributed by atoms with van der Waals surface area (Å²) in [4.78, 5) is 12.3. The lowest BCUT2D eigenvalue weighted by Gasteiger charge is -2.05. The molecule has 0 unspecified atom stereocenters. The Morgan fingerprint density at radius 3 is 0.411 bits per heavy atom. The zero-order valence-electron chi connectivity index (χ0n) is 39.7. The molecule has 336 valence electrons. The number of unbranched alkanes of at least 4 members (excludes halogenated alkanes) is 48. The van der Waals surface area contributed by atoms with Crippen molar-refractivity contribution in [1.82, 2.24) is 0 Å². The lowest BCUT2D eigenvalue weighted by atomic mass is 10.0. The zero-order chi connectivity index (χ0) is 40.3. The van der Waals surface area contributed by atoms with Gasteiger partial charge in [-0.05, 0) is 12.8 Å². The van der Waals surface area contributed by atoms with E-state index in [1.54, 1.807) is 0 Å². The van der Waals surface area contributed by atoms with E-state index in [0.29, 0.717) is 5.78 Å². The van der Waals surface area contributed by atoms with Crippen molar-refractivity contribution in [3.8, 4) is 0 Å². The highest BCUT2D eigenvalue weighted by Gasteiger charge is 2.03. The van der Waals surface area contributed by atoms with Crippen LogP contribution in [0.1, 0.15) is 348 Å². The summed E-state index contributed by atoms with van der Waals surface area (Å²) in [6, 6.07) is 0. The van der Waals surface area contributed by atoms with Gasteiger partial charge in [-0.3, -0.25) is 4.79 Å². The smallest absolute Gasteiger partial charge is 0.132 e. The molecule has 0 N–H and O–H groups in total. The number of ketones is 1. The van der Waals surface area contributed by atoms with Crippen LogP contribution >= 0.6 is 0 Å². The fourth-order valence-electron chi connectivity index (χ4n) is 9.05. The van der Waals surface area contributed by atoms with Crippen LogP contribution in [-0.2, 0) is 4.79 Å². The van der Waals surface area contributed by atoms with E-state index in [9.17, 15) is 4.79 Å². The number of rotatable bonds is 52. The van der Waals surface area contributed by atoms with Crippen LogP contribution < -0.4 is 0 Å². The average molecular weight is 787 g/mol. The molecule has 56 heavy (non-hydrogen) atoms. The van der Waals surface area contributed by atoms with Crippen LogP contribution in [0, 0.1) is 0 Å². The molecule has 0 rings (SSSR count). The molecular formula is C55H110O. The Morgan fingerprint density at radius 1 is 0.179 bits per heavy atom. The molecule has 0 heterocycles. The molecule has 0 aliphatic heterocycles. The number of Topliss-reactive ketones (excluding diaryl/α,β-unsaturated/α-hetero) is 1. The van der Waals surface area contributed by atoms with Gasteiger partial charge in [-0.1, -0.05) is 322 Å². The first kappa shape index (κ1) is 55.7. The van der Waals surface area contributed by atoms with Gasteiger partial charge >= 0.3 is 0 Å². The number of carbonyl (C=O) groups excluding carboxylic acids is 1. The molecule has 0 saturated carbocycles. The van der Waals surface area contributed by atoms with Crippen LogP contribution in [0.15, 0.2) is 0 Å². The summed E-state index contributed by atoms with van der Waals surface area (Å²) < 4.78 is 0. The zero-order valence-corrected chi connectivity index (χ0v) is 39.7. The van der Waals surface area contributed by atoms with Crippen molar-refractivity contribution in [3.05, 3.63) is 0 Å². The van der Waals surface area contributed by atoms with E-state index in [4.69, 9.17) is 0 Å². The Balaban J connectivity index is 3.14. The topological polar surface area (TPSA) is 17.1 Å². The molecular weight excluding hydrogens is 677 g/mol. The Bertz CT molecular complexity index is 683. The van der Waals surface area contributed by atoms with Gasteiger partial charge in [-0.25, -0.2) is 0 Å². The fourth-order valence-corrected chi connectivity index (χ4v) is 9.05. The van der Waals surface area contributed by atoms with Gasteiger partial charge in [0, 0.05) is 12.8 Å². The first-order valence-electron chi connectivity index (χ1n) is 27.3. The molecule has 0 saturated heterocycles. The molecule has 0 radical (unpaired) electrons. The van der Waals surface area contributed by atoms with Gasteiger partial charge in [-0.15, -0.1) is 0 Å². The number of carbonyl (C=O) groups is 1. The molecule has 0 amide bonds. The van der Waals surface area contributed by atoms with Crippen LogP contribution in [0.25, 0.3) is 0 Å². The Hall–Kier alpha value is -0.330. The Kier molecular flexibility index (Phi) is 52.4. The van der Waals surface area contributed by atoms with Gasteiger partial charge < -0.3 is 0 Å². The summed E-state index contributed by atoms with van der Waals surface area (Å²) in [6.45, 7) is 4.61. The summed E-state index contributed by atoms with van der Waals surface area (Å²) in [6.07, 6.45) is 73.2. The highest BCUT2D eigenvalue weighted by molar-refractivity contribution is 5.78. The summed E-state index contributed by atoms with van der Waals surface area (Å²) in [5.41, 5.74) is 0. The van der Waals surface area contributed by atoms with Gasteiger partial charge in [-0.2, -0.15) is 0 Å². The maximum absolute atomic E-state index is 12.3. The second-order valence-electron chi connectivity index (χ2n) is 19.0. The second-order valence-corrected chi connectivity index (χ2v) is 19.0. The lowest BCUT2D eigenvalue weighted by Crippen LogP contribution is -1.97. The summed E-state index contributed by atoms with van der Waals surface area (Å²) in [7, 11) is 0. The monoisotopic (exact) mass is 787 g/mol. The van der Waals surface area contributed by atoms with Crippen molar-refractivity contribution >= 4 is 5.78 Å². The van der Waals surface area contributed by atoms with E-state index in [1.165, 1.54) is 308 Å². The van der Waals surface area contributed by atoms with Gasteiger partial charge in [0.2, 0.25) is 0 Å². The summed E-state index contributed by atoms with van der Waals surface area (Å²) in [5, 5.41) is 0. The van der Waals surface area contributed by atoms with Crippen molar-refractivity contribution in [2.45, 2.75) is 348 Å².